The third-order valence-corrected chi connectivity index (χ3v) is 9.21. The number of aromatic nitrogens is 6. The van der Waals surface area contributed by atoms with E-state index in [2.05, 4.69) is 141 Å². The zero-order chi connectivity index (χ0) is 36.1. The number of nitrogens with one attached hydrogen (secondary N) is 1. The topological polar surface area (TPSA) is 107 Å². The van der Waals surface area contributed by atoms with Crippen LogP contribution < -0.4 is 0 Å². The van der Waals surface area contributed by atoms with E-state index in [-0.39, 0.29) is 16.2 Å². The molecule has 0 bridgehead atoms. The molecule has 258 valence electrons. The summed E-state index contributed by atoms with van der Waals surface area (Å²) >= 11 is 0. The van der Waals surface area contributed by atoms with E-state index in [4.69, 9.17) is 8.83 Å². The highest BCUT2D eigenvalue weighted by Gasteiger charge is 2.20. The third kappa shape index (κ3) is 7.17. The van der Waals surface area contributed by atoms with Gasteiger partial charge in [0.15, 0.2) is 0 Å². The van der Waals surface area contributed by atoms with Crippen LogP contribution in [0.1, 0.15) is 79.0 Å². The molecule has 3 aromatic heterocycles. The number of aromatic amines is 1. The Kier molecular flexibility index (Phi) is 8.37. The largest absolute Gasteiger partial charge is 0.416 e. The van der Waals surface area contributed by atoms with Crippen molar-refractivity contribution in [2.45, 2.75) is 78.6 Å². The lowest BCUT2D eigenvalue weighted by molar-refractivity contribution is 0.580. The minimum absolute atomic E-state index is 0.0439. The van der Waals surface area contributed by atoms with Crippen LogP contribution in [-0.2, 0) is 16.2 Å². The maximum atomic E-state index is 6.27. The van der Waals surface area contributed by atoms with Crippen molar-refractivity contribution in [1.82, 2.24) is 30.6 Å². The quantitative estimate of drug-likeness (QED) is 0.187. The molecule has 8 heteroatoms. The molecule has 0 aliphatic heterocycles. The minimum atomic E-state index is 0.0439. The molecule has 0 amide bonds. The second-order valence-electron chi connectivity index (χ2n) is 16.3. The standard InChI is InChI=1S/C43H44N6O2/c1-41(2,3)32-16-10-26(11-17-32)35-25-36(45-44-35)29-22-30(39-48-46-37(50-39)27-12-18-33(19-13-27)42(4,5)6)24-31(23-29)40-49-47-38(51-40)28-14-20-34(21-15-28)43(7,8)9/h10-25H,1-9H3,(H,44,45). The fourth-order valence-corrected chi connectivity index (χ4v) is 5.93. The normalized spacial score (nSPS) is 12.4. The smallest absolute Gasteiger partial charge is 0.248 e. The van der Waals surface area contributed by atoms with Gasteiger partial charge in [-0.3, -0.25) is 5.10 Å². The van der Waals surface area contributed by atoms with E-state index in [1.54, 1.807) is 0 Å². The van der Waals surface area contributed by atoms with Crippen LogP contribution in [-0.4, -0.2) is 30.6 Å². The summed E-state index contributed by atoms with van der Waals surface area (Å²) in [6.45, 7) is 19.8. The molecule has 0 unspecified atom stereocenters. The number of hydrogen-bond donors (Lipinski definition) is 1. The Balaban J connectivity index is 1.26. The fourth-order valence-electron chi connectivity index (χ4n) is 5.93. The number of hydrogen-bond acceptors (Lipinski definition) is 7. The Morgan fingerprint density at radius 2 is 0.725 bits per heavy atom. The summed E-state index contributed by atoms with van der Waals surface area (Å²) in [5.41, 5.74) is 10.6. The Labute approximate surface area is 299 Å². The lowest BCUT2D eigenvalue weighted by Crippen LogP contribution is -2.10. The lowest BCUT2D eigenvalue weighted by atomic mass is 9.86. The van der Waals surface area contributed by atoms with Crippen molar-refractivity contribution in [1.29, 1.82) is 0 Å². The summed E-state index contributed by atoms with van der Waals surface area (Å²) in [5, 5.41) is 25.6. The van der Waals surface area contributed by atoms with E-state index in [9.17, 15) is 0 Å². The Morgan fingerprint density at radius 3 is 1.10 bits per heavy atom. The van der Waals surface area contributed by atoms with Gasteiger partial charge in [-0.15, -0.1) is 20.4 Å². The first-order valence-electron chi connectivity index (χ1n) is 17.3. The predicted octanol–water partition coefficient (Wildman–Crippen LogP) is 11.1. The van der Waals surface area contributed by atoms with Crippen LogP contribution in [0, 0.1) is 0 Å². The van der Waals surface area contributed by atoms with Crippen LogP contribution in [0.5, 0.6) is 0 Å². The van der Waals surface area contributed by atoms with Gasteiger partial charge in [-0.1, -0.05) is 111 Å². The van der Waals surface area contributed by atoms with Crippen LogP contribution in [0.15, 0.2) is 106 Å². The van der Waals surface area contributed by atoms with Gasteiger partial charge in [-0.05, 0) is 81.5 Å². The minimum Gasteiger partial charge on any atom is -0.416 e. The summed E-state index contributed by atoms with van der Waals surface area (Å²) in [4.78, 5) is 0. The number of benzene rings is 4. The number of nitrogens with zero attached hydrogens (tertiary/aromatic N) is 5. The molecule has 1 N–H and O–H groups in total. The molecule has 0 fully saturated rings. The van der Waals surface area contributed by atoms with E-state index >= 15 is 0 Å². The van der Waals surface area contributed by atoms with Gasteiger partial charge in [0.25, 0.3) is 0 Å². The highest BCUT2D eigenvalue weighted by Crippen LogP contribution is 2.36. The predicted molar refractivity (Wildman–Crippen MR) is 203 cm³/mol. The van der Waals surface area contributed by atoms with E-state index in [1.165, 1.54) is 16.7 Å². The van der Waals surface area contributed by atoms with Crippen molar-refractivity contribution >= 4 is 0 Å². The van der Waals surface area contributed by atoms with Gasteiger partial charge in [0, 0.05) is 33.4 Å². The summed E-state index contributed by atoms with van der Waals surface area (Å²) < 4.78 is 12.5. The number of rotatable bonds is 6. The van der Waals surface area contributed by atoms with Crippen molar-refractivity contribution in [3.63, 3.8) is 0 Å². The van der Waals surface area contributed by atoms with Crippen molar-refractivity contribution in [3.8, 4) is 68.3 Å². The molecule has 0 spiro atoms. The number of H-pyrrole nitrogens is 1. The maximum Gasteiger partial charge on any atom is 0.248 e. The molecule has 7 aromatic rings. The monoisotopic (exact) mass is 676 g/mol. The highest BCUT2D eigenvalue weighted by molar-refractivity contribution is 5.77. The molecule has 0 aliphatic carbocycles. The molecular weight excluding hydrogens is 633 g/mol. The first-order chi connectivity index (χ1) is 24.1. The molecule has 0 aliphatic rings. The van der Waals surface area contributed by atoms with E-state index in [0.29, 0.717) is 34.7 Å². The maximum absolute atomic E-state index is 6.27. The summed E-state index contributed by atoms with van der Waals surface area (Å²) in [5.74, 6) is 1.64. The lowest BCUT2D eigenvalue weighted by Gasteiger charge is -2.18. The van der Waals surface area contributed by atoms with Gasteiger partial charge < -0.3 is 8.83 Å². The average molecular weight is 677 g/mol. The molecular formula is C43H44N6O2. The van der Waals surface area contributed by atoms with Crippen LogP contribution in [0.25, 0.3) is 68.3 Å². The van der Waals surface area contributed by atoms with E-state index < -0.39 is 0 Å². The van der Waals surface area contributed by atoms with Crippen molar-refractivity contribution in [2.75, 3.05) is 0 Å². The summed E-state index contributed by atoms with van der Waals surface area (Å²) in [7, 11) is 0. The van der Waals surface area contributed by atoms with E-state index in [1.807, 2.05) is 48.5 Å². The van der Waals surface area contributed by atoms with Crippen molar-refractivity contribution in [2.24, 2.45) is 0 Å². The molecule has 7 rings (SSSR count). The zero-order valence-electron chi connectivity index (χ0n) is 30.8. The van der Waals surface area contributed by atoms with Crippen LogP contribution >= 0.6 is 0 Å². The average Bonchev–Trinajstić information content (AvgIpc) is 3.89. The third-order valence-electron chi connectivity index (χ3n) is 9.21. The van der Waals surface area contributed by atoms with Crippen LogP contribution in [0.2, 0.25) is 0 Å². The van der Waals surface area contributed by atoms with Crippen molar-refractivity contribution in [3.05, 3.63) is 114 Å². The molecule has 4 aromatic carbocycles. The summed E-state index contributed by atoms with van der Waals surface area (Å²) in [6, 6.07) is 33.1. The Hall–Kier alpha value is -5.63. The molecule has 0 saturated carbocycles. The molecule has 0 saturated heterocycles. The molecule has 8 nitrogen and oxygen atoms in total. The van der Waals surface area contributed by atoms with Gasteiger partial charge in [0.05, 0.1) is 11.4 Å². The zero-order valence-corrected chi connectivity index (χ0v) is 30.8. The Morgan fingerprint density at radius 1 is 0.392 bits per heavy atom. The van der Waals surface area contributed by atoms with Gasteiger partial charge in [-0.2, -0.15) is 5.10 Å². The highest BCUT2D eigenvalue weighted by atomic mass is 16.4. The van der Waals surface area contributed by atoms with Crippen molar-refractivity contribution < 1.29 is 8.83 Å². The molecule has 0 atom stereocenters. The van der Waals surface area contributed by atoms with Crippen LogP contribution in [0.4, 0.5) is 0 Å². The van der Waals surface area contributed by atoms with Gasteiger partial charge in [0.1, 0.15) is 0 Å². The molecule has 51 heavy (non-hydrogen) atoms. The second kappa shape index (κ2) is 12.6. The summed E-state index contributed by atoms with van der Waals surface area (Å²) in [6.07, 6.45) is 0. The first kappa shape index (κ1) is 33.8. The SMILES string of the molecule is CC(C)(C)c1ccc(-c2cc(-c3cc(-c4nnc(-c5ccc(C(C)(C)C)cc5)o4)cc(-c4nnc(-c5ccc(C(C)(C)C)cc5)o4)c3)[nH]n2)cc1. The van der Waals surface area contributed by atoms with Gasteiger partial charge >= 0.3 is 0 Å². The second-order valence-corrected chi connectivity index (χ2v) is 16.3. The Bertz CT molecular complexity index is 2010. The molecule has 0 radical (unpaired) electrons. The first-order valence-corrected chi connectivity index (χ1v) is 17.3. The fraction of sp³-hybridized carbons (Fsp3) is 0.279. The molecule has 3 heterocycles. The van der Waals surface area contributed by atoms with Gasteiger partial charge in [-0.25, -0.2) is 0 Å². The van der Waals surface area contributed by atoms with E-state index in [0.717, 1.165) is 33.6 Å². The van der Waals surface area contributed by atoms with Crippen LogP contribution in [0.3, 0.4) is 0 Å². The van der Waals surface area contributed by atoms with Gasteiger partial charge in [0.2, 0.25) is 23.6 Å².